The predicted molar refractivity (Wildman–Crippen MR) is 80.1 cm³/mol. The highest BCUT2D eigenvalue weighted by Gasteiger charge is 2.25. The third-order valence-electron chi connectivity index (χ3n) is 3.27. The van der Waals surface area contributed by atoms with Gasteiger partial charge in [0.1, 0.15) is 0 Å². The van der Waals surface area contributed by atoms with Gasteiger partial charge in [-0.1, -0.05) is 12.1 Å². The first-order valence-corrected chi connectivity index (χ1v) is 6.58. The molecule has 0 aromatic heterocycles. The molecule has 0 aliphatic heterocycles. The lowest BCUT2D eigenvalue weighted by Gasteiger charge is -2.21. The van der Waals surface area contributed by atoms with Gasteiger partial charge in [0.05, 0.1) is 5.41 Å². The molecular weight excluding hydrogens is 254 g/mol. The maximum Gasteiger partial charge on any atom is 0.231 e. The topological polar surface area (TPSA) is 75.4 Å². The summed E-state index contributed by atoms with van der Waals surface area (Å²) in [7, 11) is 1.74. The van der Waals surface area contributed by atoms with Gasteiger partial charge in [0.15, 0.2) is 0 Å². The lowest BCUT2D eigenvalue weighted by molar-refractivity contribution is -0.128. The summed E-state index contributed by atoms with van der Waals surface area (Å²) in [5.74, 6) is -0.110. The first kappa shape index (κ1) is 16.2. The van der Waals surface area contributed by atoms with Crippen LogP contribution in [-0.4, -0.2) is 30.3 Å². The summed E-state index contributed by atoms with van der Waals surface area (Å²) in [5.41, 5.74) is 6.66. The second-order valence-corrected chi connectivity index (χ2v) is 5.62. The Morgan fingerprint density at radius 1 is 1.35 bits per heavy atom. The van der Waals surface area contributed by atoms with Gasteiger partial charge >= 0.3 is 0 Å². The van der Waals surface area contributed by atoms with E-state index >= 15 is 0 Å². The second kappa shape index (κ2) is 6.52. The van der Waals surface area contributed by atoms with Gasteiger partial charge in [-0.05, 0) is 31.5 Å². The first-order chi connectivity index (χ1) is 9.26. The van der Waals surface area contributed by atoms with Gasteiger partial charge in [0, 0.05) is 32.7 Å². The van der Waals surface area contributed by atoms with E-state index in [1.54, 1.807) is 25.8 Å². The number of amides is 2. The van der Waals surface area contributed by atoms with E-state index in [0.717, 1.165) is 5.56 Å². The Hall–Kier alpha value is -1.88. The van der Waals surface area contributed by atoms with E-state index in [0.29, 0.717) is 12.2 Å². The quantitative estimate of drug-likeness (QED) is 0.858. The van der Waals surface area contributed by atoms with Crippen molar-refractivity contribution in [1.29, 1.82) is 0 Å². The molecule has 20 heavy (non-hydrogen) atoms. The fraction of sp³-hybridized carbons (Fsp3) is 0.467. The van der Waals surface area contributed by atoms with Crippen molar-refractivity contribution in [3.63, 3.8) is 0 Å². The molecule has 3 N–H and O–H groups in total. The molecule has 1 aromatic carbocycles. The highest BCUT2D eigenvalue weighted by atomic mass is 16.2. The van der Waals surface area contributed by atoms with Crippen LogP contribution in [0.4, 0.5) is 5.69 Å². The molecule has 0 bridgehead atoms. The highest BCUT2D eigenvalue weighted by Crippen LogP contribution is 2.18. The second-order valence-electron chi connectivity index (χ2n) is 5.62. The Kier molecular flexibility index (Phi) is 5.27. The smallest absolute Gasteiger partial charge is 0.231 e. The van der Waals surface area contributed by atoms with Crippen molar-refractivity contribution in [3.8, 4) is 0 Å². The Balaban J connectivity index is 2.79. The maximum atomic E-state index is 12.1. The van der Waals surface area contributed by atoms with E-state index in [1.807, 2.05) is 24.3 Å². The molecule has 0 aliphatic rings. The molecule has 1 aromatic rings. The van der Waals surface area contributed by atoms with Crippen LogP contribution in [0, 0.1) is 5.41 Å². The van der Waals surface area contributed by atoms with Crippen molar-refractivity contribution in [1.82, 2.24) is 4.90 Å². The summed E-state index contributed by atoms with van der Waals surface area (Å²) in [6.45, 7) is 5.92. The monoisotopic (exact) mass is 277 g/mol. The average molecular weight is 277 g/mol. The van der Waals surface area contributed by atoms with Gasteiger partial charge in [0.25, 0.3) is 0 Å². The Bertz CT molecular complexity index is 498. The summed E-state index contributed by atoms with van der Waals surface area (Å²) in [6, 6.07) is 7.46. The van der Waals surface area contributed by atoms with E-state index in [4.69, 9.17) is 5.73 Å². The van der Waals surface area contributed by atoms with Crippen LogP contribution in [0.15, 0.2) is 24.3 Å². The molecule has 0 saturated carbocycles. The minimum Gasteiger partial charge on any atom is -0.342 e. The van der Waals surface area contributed by atoms with Gasteiger partial charge < -0.3 is 16.0 Å². The lowest BCUT2D eigenvalue weighted by Crippen LogP contribution is -2.37. The van der Waals surface area contributed by atoms with E-state index in [2.05, 4.69) is 5.32 Å². The molecule has 5 nitrogen and oxygen atoms in total. The third-order valence-corrected chi connectivity index (χ3v) is 3.27. The van der Waals surface area contributed by atoms with Crippen molar-refractivity contribution in [2.75, 3.05) is 18.9 Å². The summed E-state index contributed by atoms with van der Waals surface area (Å²) in [5, 5.41) is 2.85. The zero-order valence-electron chi connectivity index (χ0n) is 12.6. The summed E-state index contributed by atoms with van der Waals surface area (Å²) in [4.78, 5) is 24.9. The molecule has 110 valence electrons. The van der Waals surface area contributed by atoms with Crippen LogP contribution < -0.4 is 11.1 Å². The minimum absolute atomic E-state index is 0.00343. The molecule has 1 rings (SSSR count). The number of anilines is 1. The van der Waals surface area contributed by atoms with Crippen molar-refractivity contribution in [2.24, 2.45) is 11.1 Å². The molecule has 0 heterocycles. The van der Waals surface area contributed by atoms with Crippen LogP contribution in [0.1, 0.15) is 26.3 Å². The normalized spacial score (nSPS) is 11.1. The first-order valence-electron chi connectivity index (χ1n) is 6.58. The van der Waals surface area contributed by atoms with Crippen LogP contribution >= 0.6 is 0 Å². The molecule has 0 spiro atoms. The molecule has 0 atom stereocenters. The number of carbonyl (C=O) groups excluding carboxylic acids is 2. The summed E-state index contributed by atoms with van der Waals surface area (Å²) < 4.78 is 0. The van der Waals surface area contributed by atoms with Crippen molar-refractivity contribution in [3.05, 3.63) is 29.8 Å². The predicted octanol–water partition coefficient (Wildman–Crippen LogP) is 1.59. The Morgan fingerprint density at radius 2 is 2.00 bits per heavy atom. The van der Waals surface area contributed by atoms with E-state index in [1.165, 1.54) is 6.92 Å². The van der Waals surface area contributed by atoms with Gasteiger partial charge in [0.2, 0.25) is 11.8 Å². The zero-order valence-corrected chi connectivity index (χ0v) is 12.6. The van der Waals surface area contributed by atoms with Gasteiger partial charge in [-0.2, -0.15) is 0 Å². The Labute approximate surface area is 120 Å². The van der Waals surface area contributed by atoms with Crippen LogP contribution in [0.25, 0.3) is 0 Å². The number of nitrogens with two attached hydrogens (primary N) is 1. The molecule has 0 fully saturated rings. The molecule has 0 unspecified atom stereocenters. The molecule has 2 amide bonds. The standard InChI is InChI=1S/C15H23N3O2/c1-11(19)18(4)9-12-6-5-7-13(8-12)17-14(20)15(2,3)10-16/h5-8H,9-10,16H2,1-4H3,(H,17,20). The van der Waals surface area contributed by atoms with Crippen LogP contribution in [0.3, 0.4) is 0 Å². The van der Waals surface area contributed by atoms with Crippen LogP contribution in [0.5, 0.6) is 0 Å². The van der Waals surface area contributed by atoms with Crippen LogP contribution in [0.2, 0.25) is 0 Å². The van der Waals surface area contributed by atoms with E-state index < -0.39 is 5.41 Å². The number of hydrogen-bond acceptors (Lipinski definition) is 3. The maximum absolute atomic E-state index is 12.1. The average Bonchev–Trinajstić information content (AvgIpc) is 2.38. The van der Waals surface area contributed by atoms with Crippen molar-refractivity contribution in [2.45, 2.75) is 27.3 Å². The Morgan fingerprint density at radius 3 is 2.55 bits per heavy atom. The zero-order chi connectivity index (χ0) is 15.3. The highest BCUT2D eigenvalue weighted by molar-refractivity contribution is 5.95. The van der Waals surface area contributed by atoms with Crippen molar-refractivity contribution >= 4 is 17.5 Å². The number of nitrogens with one attached hydrogen (secondary N) is 1. The van der Waals surface area contributed by atoms with Gasteiger partial charge in [-0.3, -0.25) is 9.59 Å². The SMILES string of the molecule is CC(=O)N(C)Cc1cccc(NC(=O)C(C)(C)CN)c1. The number of benzene rings is 1. The van der Waals surface area contributed by atoms with Crippen LogP contribution in [-0.2, 0) is 16.1 Å². The molecular formula is C15H23N3O2. The van der Waals surface area contributed by atoms with Gasteiger partial charge in [-0.15, -0.1) is 0 Å². The molecule has 0 saturated heterocycles. The largest absolute Gasteiger partial charge is 0.342 e. The van der Waals surface area contributed by atoms with Gasteiger partial charge in [-0.25, -0.2) is 0 Å². The summed E-state index contributed by atoms with van der Waals surface area (Å²) in [6.07, 6.45) is 0. The van der Waals surface area contributed by atoms with E-state index in [-0.39, 0.29) is 18.4 Å². The number of hydrogen-bond donors (Lipinski definition) is 2. The van der Waals surface area contributed by atoms with E-state index in [9.17, 15) is 9.59 Å². The number of nitrogens with zero attached hydrogens (tertiary/aromatic N) is 1. The summed E-state index contributed by atoms with van der Waals surface area (Å²) >= 11 is 0. The molecule has 5 heteroatoms. The fourth-order valence-electron chi connectivity index (χ4n) is 1.53. The lowest BCUT2D eigenvalue weighted by atomic mass is 9.92. The number of carbonyl (C=O) groups is 2. The fourth-order valence-corrected chi connectivity index (χ4v) is 1.53. The molecule has 0 aliphatic carbocycles. The third kappa shape index (κ3) is 4.35. The van der Waals surface area contributed by atoms with Crippen molar-refractivity contribution < 1.29 is 9.59 Å². The number of rotatable bonds is 5. The minimum atomic E-state index is -0.605. The molecule has 0 radical (unpaired) electrons.